The number of aliphatic imine (C=N–C) groups is 2. The minimum absolute atomic E-state index is 0.0768. The van der Waals surface area contributed by atoms with Gasteiger partial charge in [-0.05, 0) is 99.4 Å². The van der Waals surface area contributed by atoms with Crippen molar-refractivity contribution in [3.63, 3.8) is 0 Å². The molecule has 1 atom stereocenters. The fourth-order valence-corrected chi connectivity index (χ4v) is 10.7. The largest absolute Gasteiger partial charge is 0.456 e. The van der Waals surface area contributed by atoms with E-state index in [0.29, 0.717) is 5.84 Å². The quantitative estimate of drug-likeness (QED) is 0.177. The minimum Gasteiger partial charge on any atom is -0.456 e. The van der Waals surface area contributed by atoms with Crippen LogP contribution in [0.25, 0.3) is 109 Å². The Kier molecular flexibility index (Phi) is 7.96. The zero-order chi connectivity index (χ0) is 43.5. The Hall–Kier alpha value is -8.54. The highest BCUT2D eigenvalue weighted by Crippen LogP contribution is 2.43. The van der Waals surface area contributed by atoms with E-state index in [1.165, 1.54) is 43.1 Å². The van der Waals surface area contributed by atoms with Gasteiger partial charge in [-0.15, -0.1) is 0 Å². The third-order valence-corrected chi connectivity index (χ3v) is 13.8. The molecular formula is C61H39N3O2. The van der Waals surface area contributed by atoms with Crippen LogP contribution in [0.1, 0.15) is 30.0 Å². The maximum atomic E-state index is 7.10. The molecule has 13 aromatic rings. The summed E-state index contributed by atoms with van der Waals surface area (Å²) >= 11 is 0. The molecule has 66 heavy (non-hydrogen) atoms. The molecule has 0 saturated carbocycles. The Labute approximate surface area is 378 Å². The first-order valence-corrected chi connectivity index (χ1v) is 22.7. The summed E-state index contributed by atoms with van der Waals surface area (Å²) < 4.78 is 15.8. The fourth-order valence-electron chi connectivity index (χ4n) is 10.7. The molecule has 0 spiro atoms. The second-order valence-corrected chi connectivity index (χ2v) is 17.7. The lowest BCUT2D eigenvalue weighted by molar-refractivity contribution is 0.666. The molecule has 4 heterocycles. The number of hydrogen-bond donors (Lipinski definition) is 0. The van der Waals surface area contributed by atoms with Crippen molar-refractivity contribution >= 4 is 115 Å². The molecule has 310 valence electrons. The van der Waals surface area contributed by atoms with Gasteiger partial charge in [-0.1, -0.05) is 146 Å². The highest BCUT2D eigenvalue weighted by Gasteiger charge is 2.26. The van der Waals surface area contributed by atoms with Crippen LogP contribution >= 0.6 is 0 Å². The highest BCUT2D eigenvalue weighted by molar-refractivity contribution is 6.27. The number of aromatic nitrogens is 1. The van der Waals surface area contributed by atoms with Crippen molar-refractivity contribution in [3.8, 4) is 5.69 Å². The van der Waals surface area contributed by atoms with Gasteiger partial charge in [-0.25, -0.2) is 9.98 Å². The van der Waals surface area contributed by atoms with E-state index in [0.717, 1.165) is 95.1 Å². The lowest BCUT2D eigenvalue weighted by atomic mass is 9.90. The first kappa shape index (κ1) is 36.9. The molecule has 1 aliphatic heterocycles. The van der Waals surface area contributed by atoms with Crippen molar-refractivity contribution in [2.24, 2.45) is 15.9 Å². The van der Waals surface area contributed by atoms with Gasteiger partial charge in [-0.2, -0.15) is 0 Å². The highest BCUT2D eigenvalue weighted by atomic mass is 16.3. The van der Waals surface area contributed by atoms with Gasteiger partial charge in [0.25, 0.3) is 0 Å². The van der Waals surface area contributed by atoms with Crippen molar-refractivity contribution in [1.82, 2.24) is 4.57 Å². The molecule has 3 aromatic heterocycles. The number of allylic oxidation sites excluding steroid dienone is 1. The number of furan rings is 2. The fraction of sp³-hybridized carbons (Fsp3) is 0.0492. The minimum atomic E-state index is 0.0768. The van der Waals surface area contributed by atoms with E-state index in [9.17, 15) is 0 Å². The first-order valence-electron chi connectivity index (χ1n) is 22.7. The molecule has 0 saturated heterocycles. The molecule has 1 aliphatic rings. The van der Waals surface area contributed by atoms with E-state index in [2.05, 4.69) is 193 Å². The van der Waals surface area contributed by atoms with Gasteiger partial charge in [0, 0.05) is 54.9 Å². The Morgan fingerprint density at radius 2 is 1.12 bits per heavy atom. The van der Waals surface area contributed by atoms with E-state index in [1.807, 2.05) is 18.2 Å². The number of amidine groups is 1. The Morgan fingerprint density at radius 3 is 1.95 bits per heavy atom. The number of fused-ring (bicyclic) bond motifs is 13. The summed E-state index contributed by atoms with van der Waals surface area (Å²) in [7, 11) is 0. The van der Waals surface area contributed by atoms with Gasteiger partial charge in [0.05, 0.1) is 28.1 Å². The van der Waals surface area contributed by atoms with Crippen LogP contribution < -0.4 is 0 Å². The average molecular weight is 846 g/mol. The summed E-state index contributed by atoms with van der Waals surface area (Å²) in [4.78, 5) is 11.4. The van der Waals surface area contributed by atoms with Crippen LogP contribution in [-0.2, 0) is 0 Å². The first-order chi connectivity index (χ1) is 32.6. The molecule has 14 rings (SSSR count). The van der Waals surface area contributed by atoms with Crippen molar-refractivity contribution in [3.05, 3.63) is 217 Å². The van der Waals surface area contributed by atoms with Crippen LogP contribution in [-0.4, -0.2) is 16.1 Å². The second-order valence-electron chi connectivity index (χ2n) is 17.7. The zero-order valence-electron chi connectivity index (χ0n) is 36.0. The topological polar surface area (TPSA) is 55.9 Å². The van der Waals surface area contributed by atoms with E-state index in [-0.39, 0.29) is 5.92 Å². The SMILES string of the molecule is CC1C/C=C(c2ccc3oc4ccccc4c3c2)/N=C(c2ccc(-n3c4cc5ccccc5cc4c4c5ccccc5ccc43)c3oc4ccccc4c23)\N=C/1c1cccc2ccccc12. The molecule has 0 aliphatic carbocycles. The normalized spacial score (nSPS) is 17.2. The molecule has 0 radical (unpaired) electrons. The standard InChI is InChI=1S/C61H39N3O2/c1-36-25-29-50(41-27-32-56-48(34-41)44-20-8-10-23-54(44)65-56)62-61(63-59(36)45-22-12-17-37-13-4-6-18-42(37)45)47-28-31-52(60-58(47)46-21-9-11-24-55(46)66-60)64-51-30-26-38-14-5-7-19-43(38)57(51)49-33-39-15-2-3-16-40(39)35-53(49)64/h2-24,26-36H,25H2,1H3/b50-29+,62-61-,63-59+. The number of benzene rings is 10. The third-order valence-electron chi connectivity index (χ3n) is 13.8. The van der Waals surface area contributed by atoms with Crippen molar-refractivity contribution < 1.29 is 8.83 Å². The van der Waals surface area contributed by atoms with E-state index in [4.69, 9.17) is 18.8 Å². The smallest absolute Gasteiger partial charge is 0.160 e. The Bertz CT molecular complexity index is 4280. The van der Waals surface area contributed by atoms with Gasteiger partial charge in [0.1, 0.15) is 16.7 Å². The predicted molar refractivity (Wildman–Crippen MR) is 276 cm³/mol. The summed E-state index contributed by atoms with van der Waals surface area (Å²) in [6.07, 6.45) is 3.05. The molecule has 0 N–H and O–H groups in total. The van der Waals surface area contributed by atoms with Gasteiger partial charge in [0.2, 0.25) is 0 Å². The molecule has 5 heteroatoms. The molecule has 0 fully saturated rings. The molecule has 10 aromatic carbocycles. The summed E-state index contributed by atoms with van der Waals surface area (Å²) in [5.74, 6) is 0.711. The van der Waals surface area contributed by atoms with Crippen LogP contribution in [0.3, 0.4) is 0 Å². The number of rotatable bonds is 4. The van der Waals surface area contributed by atoms with Crippen molar-refractivity contribution in [1.29, 1.82) is 0 Å². The van der Waals surface area contributed by atoms with Gasteiger partial charge in [-0.3, -0.25) is 0 Å². The van der Waals surface area contributed by atoms with Gasteiger partial charge in [0.15, 0.2) is 11.4 Å². The van der Waals surface area contributed by atoms with Crippen LogP contribution in [0.15, 0.2) is 219 Å². The number of hydrogen-bond acceptors (Lipinski definition) is 4. The Morgan fingerprint density at radius 1 is 0.455 bits per heavy atom. The zero-order valence-corrected chi connectivity index (χ0v) is 36.0. The van der Waals surface area contributed by atoms with E-state index < -0.39 is 0 Å². The van der Waals surface area contributed by atoms with E-state index in [1.54, 1.807) is 0 Å². The van der Waals surface area contributed by atoms with Gasteiger partial charge < -0.3 is 13.4 Å². The van der Waals surface area contributed by atoms with Gasteiger partial charge >= 0.3 is 0 Å². The maximum Gasteiger partial charge on any atom is 0.160 e. The van der Waals surface area contributed by atoms with Crippen LogP contribution in [0.4, 0.5) is 0 Å². The van der Waals surface area contributed by atoms with Crippen LogP contribution in [0.2, 0.25) is 0 Å². The number of nitrogens with zero attached hydrogens (tertiary/aromatic N) is 3. The number of para-hydroxylation sites is 2. The lowest BCUT2D eigenvalue weighted by Crippen LogP contribution is -2.17. The maximum absolute atomic E-state index is 7.10. The molecule has 1 unspecified atom stereocenters. The lowest BCUT2D eigenvalue weighted by Gasteiger charge is -2.20. The Balaban J connectivity index is 1.07. The molecule has 0 bridgehead atoms. The average Bonchev–Trinajstić information content (AvgIpc) is 4.04. The summed E-state index contributed by atoms with van der Waals surface area (Å²) in [5, 5.41) is 13.7. The summed E-state index contributed by atoms with van der Waals surface area (Å²) in [5.41, 5.74) is 11.4. The second kappa shape index (κ2) is 14.2. The van der Waals surface area contributed by atoms with Crippen LogP contribution in [0, 0.1) is 5.92 Å². The monoisotopic (exact) mass is 845 g/mol. The predicted octanol–water partition coefficient (Wildman–Crippen LogP) is 16.4. The molecule has 5 nitrogen and oxygen atoms in total. The third kappa shape index (κ3) is 5.53. The molecule has 0 amide bonds. The summed E-state index contributed by atoms with van der Waals surface area (Å²) in [6, 6.07) is 69.1. The van der Waals surface area contributed by atoms with E-state index >= 15 is 0 Å². The molecular weight excluding hydrogens is 807 g/mol. The van der Waals surface area contributed by atoms with Crippen molar-refractivity contribution in [2.75, 3.05) is 0 Å². The summed E-state index contributed by atoms with van der Waals surface area (Å²) in [6.45, 7) is 2.28. The van der Waals surface area contributed by atoms with Crippen LogP contribution in [0.5, 0.6) is 0 Å². The van der Waals surface area contributed by atoms with Crippen molar-refractivity contribution in [2.45, 2.75) is 13.3 Å².